The lowest BCUT2D eigenvalue weighted by molar-refractivity contribution is -0.136. The summed E-state index contributed by atoms with van der Waals surface area (Å²) >= 11 is 5.79. The van der Waals surface area contributed by atoms with Crippen LogP contribution in [-0.4, -0.2) is 28.4 Å². The maximum Gasteiger partial charge on any atom is 0.583 e. The van der Waals surface area contributed by atoms with Crippen LogP contribution in [0.4, 0.5) is 0 Å². The molecule has 1 aliphatic heterocycles. The van der Waals surface area contributed by atoms with E-state index < -0.39 is 13.1 Å². The number of halogens is 1. The fourth-order valence-electron chi connectivity index (χ4n) is 1.48. The van der Waals surface area contributed by atoms with Crippen LogP contribution >= 0.6 is 11.6 Å². The monoisotopic (exact) mass is 239 g/mol. The van der Waals surface area contributed by atoms with Crippen LogP contribution in [0.25, 0.3) is 0 Å². The molecular formula is C9H7BClNO4. The molecule has 7 heteroatoms. The normalized spacial score (nSPS) is 13.9. The number of oxime groups is 1. The Balaban J connectivity index is 2.42. The molecule has 0 amide bonds. The molecule has 1 heterocycles. The second-order valence-electron chi connectivity index (χ2n) is 3.33. The number of aliphatic carboxylic acids is 1. The van der Waals surface area contributed by atoms with Crippen molar-refractivity contribution < 1.29 is 19.7 Å². The van der Waals surface area contributed by atoms with Gasteiger partial charge >= 0.3 is 13.1 Å². The topological polar surface area (TPSA) is 79.1 Å². The van der Waals surface area contributed by atoms with Gasteiger partial charge in [0.15, 0.2) is 5.17 Å². The quantitative estimate of drug-likeness (QED) is 0.708. The highest BCUT2D eigenvalue weighted by Crippen LogP contribution is 2.13. The summed E-state index contributed by atoms with van der Waals surface area (Å²) in [5, 5.41) is 21.7. The van der Waals surface area contributed by atoms with Gasteiger partial charge in [-0.15, -0.1) is 0 Å². The smallest absolute Gasteiger partial charge is 0.481 e. The SMILES string of the molecule is O=C(O)Cc1ccc2c(c1)C(Cl)=NOB2O. The minimum atomic E-state index is -1.16. The molecule has 1 aliphatic rings. The van der Waals surface area contributed by atoms with Crippen molar-refractivity contribution in [2.45, 2.75) is 6.42 Å². The Hall–Kier alpha value is -1.53. The lowest BCUT2D eigenvalue weighted by Gasteiger charge is -2.15. The van der Waals surface area contributed by atoms with Gasteiger partial charge in [0.1, 0.15) is 0 Å². The van der Waals surface area contributed by atoms with E-state index in [0.29, 0.717) is 16.6 Å². The standard InChI is InChI=1S/C9H7BClNO4/c11-9-6-3-5(4-8(13)14)1-2-7(6)10(15)16-12-9/h1-3,15H,4H2,(H,13,14). The first-order chi connectivity index (χ1) is 7.58. The summed E-state index contributed by atoms with van der Waals surface area (Å²) in [5.41, 5.74) is 1.57. The Morgan fingerprint density at radius 3 is 3.00 bits per heavy atom. The molecule has 1 aromatic rings. The first kappa shape index (κ1) is 11.0. The van der Waals surface area contributed by atoms with Crippen molar-refractivity contribution in [2.75, 3.05) is 0 Å². The summed E-state index contributed by atoms with van der Waals surface area (Å²) in [6.07, 6.45) is -0.103. The van der Waals surface area contributed by atoms with Crippen molar-refractivity contribution in [1.82, 2.24) is 0 Å². The maximum atomic E-state index is 10.5. The number of carbonyl (C=O) groups is 1. The molecule has 0 saturated carbocycles. The van der Waals surface area contributed by atoms with Gasteiger partial charge in [0.05, 0.1) is 6.42 Å². The number of hydrogen-bond donors (Lipinski definition) is 2. The number of hydrogen-bond acceptors (Lipinski definition) is 4. The summed E-state index contributed by atoms with van der Waals surface area (Å²) in [6, 6.07) is 4.77. The largest absolute Gasteiger partial charge is 0.583 e. The lowest BCUT2D eigenvalue weighted by Crippen LogP contribution is -2.39. The number of carboxylic acids is 1. The molecule has 16 heavy (non-hydrogen) atoms. The first-order valence-electron chi connectivity index (χ1n) is 4.50. The van der Waals surface area contributed by atoms with Crippen LogP contribution in [-0.2, 0) is 16.0 Å². The Labute approximate surface area is 96.4 Å². The molecule has 2 rings (SSSR count). The summed E-state index contributed by atoms with van der Waals surface area (Å²) in [4.78, 5) is 10.5. The van der Waals surface area contributed by atoms with E-state index in [1.807, 2.05) is 0 Å². The average Bonchev–Trinajstić information content (AvgIpc) is 2.23. The number of rotatable bonds is 2. The predicted octanol–water partition coefficient (Wildman–Crippen LogP) is -0.0682. The van der Waals surface area contributed by atoms with Gasteiger partial charge in [0.25, 0.3) is 0 Å². The van der Waals surface area contributed by atoms with E-state index in [1.165, 1.54) is 0 Å². The van der Waals surface area contributed by atoms with E-state index in [1.54, 1.807) is 18.2 Å². The summed E-state index contributed by atoms with van der Waals surface area (Å²) in [5.74, 6) is -0.930. The van der Waals surface area contributed by atoms with Crippen LogP contribution in [0.3, 0.4) is 0 Å². The predicted molar refractivity (Wildman–Crippen MR) is 58.9 cm³/mol. The summed E-state index contributed by atoms with van der Waals surface area (Å²) in [7, 11) is -1.16. The zero-order chi connectivity index (χ0) is 11.7. The highest BCUT2D eigenvalue weighted by molar-refractivity contribution is 6.74. The molecule has 0 bridgehead atoms. The highest BCUT2D eigenvalue weighted by atomic mass is 35.5. The van der Waals surface area contributed by atoms with E-state index in [0.717, 1.165) is 0 Å². The van der Waals surface area contributed by atoms with Crippen molar-refractivity contribution in [3.05, 3.63) is 29.3 Å². The number of benzene rings is 1. The second kappa shape index (κ2) is 4.15. The van der Waals surface area contributed by atoms with Crippen LogP contribution in [0.5, 0.6) is 0 Å². The van der Waals surface area contributed by atoms with Crippen LogP contribution in [0.2, 0.25) is 0 Å². The van der Waals surface area contributed by atoms with Gasteiger partial charge in [-0.25, -0.2) is 0 Å². The minimum Gasteiger partial charge on any atom is -0.481 e. The number of nitrogens with zero attached hydrogens (tertiary/aromatic N) is 1. The van der Waals surface area contributed by atoms with E-state index in [2.05, 4.69) is 9.91 Å². The van der Waals surface area contributed by atoms with Gasteiger partial charge in [-0.2, -0.15) is 0 Å². The fraction of sp³-hybridized carbons (Fsp3) is 0.111. The molecule has 0 atom stereocenters. The third-order valence-electron chi connectivity index (χ3n) is 2.19. The lowest BCUT2D eigenvalue weighted by atomic mass is 9.75. The third kappa shape index (κ3) is 2.03. The Kier molecular flexibility index (Phi) is 2.85. The van der Waals surface area contributed by atoms with Crippen LogP contribution in [0.15, 0.2) is 23.4 Å². The highest BCUT2D eigenvalue weighted by Gasteiger charge is 2.28. The Morgan fingerprint density at radius 1 is 1.56 bits per heavy atom. The van der Waals surface area contributed by atoms with E-state index >= 15 is 0 Å². The van der Waals surface area contributed by atoms with Crippen LogP contribution in [0.1, 0.15) is 11.1 Å². The average molecular weight is 239 g/mol. The van der Waals surface area contributed by atoms with Crippen LogP contribution in [0, 0.1) is 0 Å². The molecule has 0 radical (unpaired) electrons. The van der Waals surface area contributed by atoms with Crippen molar-refractivity contribution in [3.8, 4) is 0 Å². The molecule has 5 nitrogen and oxygen atoms in total. The fourth-order valence-corrected chi connectivity index (χ4v) is 1.69. The molecule has 0 spiro atoms. The molecule has 0 fully saturated rings. The molecule has 0 saturated heterocycles. The molecule has 0 unspecified atom stereocenters. The Bertz CT molecular complexity index is 477. The van der Waals surface area contributed by atoms with Gasteiger partial charge < -0.3 is 14.9 Å². The molecule has 0 aliphatic carbocycles. The van der Waals surface area contributed by atoms with Crippen LogP contribution < -0.4 is 5.46 Å². The summed E-state index contributed by atoms with van der Waals surface area (Å²) < 4.78 is 4.63. The van der Waals surface area contributed by atoms with Crippen molar-refractivity contribution in [2.24, 2.45) is 5.16 Å². The Morgan fingerprint density at radius 2 is 2.31 bits per heavy atom. The first-order valence-corrected chi connectivity index (χ1v) is 4.88. The minimum absolute atomic E-state index is 0.103. The number of carboxylic acid groups (broad SMARTS) is 1. The van der Waals surface area contributed by atoms with Gasteiger partial charge in [-0.1, -0.05) is 28.9 Å². The molecule has 1 aromatic carbocycles. The van der Waals surface area contributed by atoms with Crippen molar-refractivity contribution in [1.29, 1.82) is 0 Å². The van der Waals surface area contributed by atoms with Crippen molar-refractivity contribution >= 4 is 35.3 Å². The zero-order valence-corrected chi connectivity index (χ0v) is 8.81. The molecule has 0 aromatic heterocycles. The number of fused-ring (bicyclic) bond motifs is 1. The molecule has 2 N–H and O–H groups in total. The van der Waals surface area contributed by atoms with E-state index in [-0.39, 0.29) is 11.6 Å². The maximum absolute atomic E-state index is 10.5. The zero-order valence-electron chi connectivity index (χ0n) is 8.05. The van der Waals surface area contributed by atoms with E-state index in [4.69, 9.17) is 16.7 Å². The summed E-state index contributed by atoms with van der Waals surface area (Å²) in [6.45, 7) is 0. The van der Waals surface area contributed by atoms with E-state index in [9.17, 15) is 9.82 Å². The third-order valence-corrected chi connectivity index (χ3v) is 2.47. The van der Waals surface area contributed by atoms with Gasteiger partial charge in [0, 0.05) is 11.0 Å². The molecule has 82 valence electrons. The second-order valence-corrected chi connectivity index (χ2v) is 3.69. The van der Waals surface area contributed by atoms with Gasteiger partial charge in [-0.3, -0.25) is 4.79 Å². The molecular weight excluding hydrogens is 232 g/mol. The van der Waals surface area contributed by atoms with Gasteiger partial charge in [-0.05, 0) is 11.6 Å². The van der Waals surface area contributed by atoms with Gasteiger partial charge in [0.2, 0.25) is 0 Å². The van der Waals surface area contributed by atoms with Crippen molar-refractivity contribution in [3.63, 3.8) is 0 Å².